The third-order valence-electron chi connectivity index (χ3n) is 7.01. The Labute approximate surface area is 279 Å². The summed E-state index contributed by atoms with van der Waals surface area (Å²) in [4.78, 5) is 13.7. The van der Waals surface area contributed by atoms with E-state index >= 15 is 0 Å². The van der Waals surface area contributed by atoms with E-state index in [9.17, 15) is 5.11 Å². The Morgan fingerprint density at radius 1 is 1.12 bits per heavy atom. The van der Waals surface area contributed by atoms with Gasteiger partial charge in [0.2, 0.25) is 0 Å². The van der Waals surface area contributed by atoms with Crippen LogP contribution in [-0.4, -0.2) is 21.8 Å². The molecule has 0 unspecified atom stereocenters. The Bertz CT molecular complexity index is 1430. The van der Waals surface area contributed by atoms with Crippen LogP contribution in [0.1, 0.15) is 73.2 Å². The average molecular weight is 618 g/mol. The average Bonchev–Trinajstić information content (AvgIpc) is 3.68. The number of thioether (sulfide) groups is 1. The molecular formula is C33H37ClNNaO3S2. The van der Waals surface area contributed by atoms with E-state index in [0.717, 1.165) is 65.0 Å². The molecule has 0 spiro atoms. The molecule has 0 bridgehead atoms. The van der Waals surface area contributed by atoms with Crippen LogP contribution >= 0.6 is 34.7 Å². The number of pyridine rings is 1. The van der Waals surface area contributed by atoms with Crippen LogP contribution in [0, 0.1) is 5.92 Å². The number of carboxylic acid groups (broad SMARTS) is 1. The summed E-state index contributed by atoms with van der Waals surface area (Å²) in [5, 5.41) is 22.7. The summed E-state index contributed by atoms with van der Waals surface area (Å²) in [5.74, 6) is 1.06. The number of benzene rings is 2. The molecule has 212 valence electrons. The van der Waals surface area contributed by atoms with E-state index in [4.69, 9.17) is 26.5 Å². The minimum absolute atomic E-state index is 0. The zero-order valence-corrected chi connectivity index (χ0v) is 28.7. The number of aromatic nitrogens is 1. The zero-order chi connectivity index (χ0) is 28.7. The minimum Gasteiger partial charge on any atom is -0.550 e. The van der Waals surface area contributed by atoms with Crippen molar-refractivity contribution in [3.8, 4) is 0 Å². The van der Waals surface area contributed by atoms with Crippen molar-refractivity contribution in [3.05, 3.63) is 99.0 Å². The Morgan fingerprint density at radius 2 is 1.85 bits per heavy atom. The third kappa shape index (κ3) is 10.7. The van der Waals surface area contributed by atoms with Crippen LogP contribution in [0.25, 0.3) is 10.2 Å². The predicted octanol–water partition coefficient (Wildman–Crippen LogP) is 4.54. The number of hydrogen-bond acceptors (Lipinski definition) is 6. The molecule has 5 rings (SSSR count). The van der Waals surface area contributed by atoms with E-state index in [2.05, 4.69) is 66.4 Å². The summed E-state index contributed by atoms with van der Waals surface area (Å²) >= 11 is 10.1. The van der Waals surface area contributed by atoms with Gasteiger partial charge in [0.15, 0.2) is 0 Å². The molecule has 2 aromatic heterocycles. The van der Waals surface area contributed by atoms with E-state index in [0.29, 0.717) is 5.25 Å². The molecule has 0 aliphatic heterocycles. The van der Waals surface area contributed by atoms with Crippen molar-refractivity contribution in [1.29, 1.82) is 0 Å². The normalized spacial score (nSPS) is 13.7. The fraction of sp³-hybridized carbons (Fsp3) is 0.394. The van der Waals surface area contributed by atoms with Crippen LogP contribution in [0.15, 0.2) is 66.0 Å². The van der Waals surface area contributed by atoms with E-state index < -0.39 is 11.6 Å². The number of carbonyl (C=O) groups is 1. The smallest absolute Gasteiger partial charge is 0.550 e. The molecule has 1 fully saturated rings. The standard InChI is InChI=1S/C31H34ClNOS2.C2H4O2.Na/c1-31(2,34)26-9-4-3-7-23(26)13-16-28(35-19-22-10-11-22)24-8-5-6-21(18-24)12-14-25-15-17-29-30(33-25)27(32)20-36-29;1-2(3)4;/h3-9,15,17-18,20,22,28,34H,10-14,16,19H2,1-2H3;1H3,(H,3,4);/q;;+1/p-1/t28-;;/m1../s1. The fourth-order valence-electron chi connectivity index (χ4n) is 4.79. The molecule has 0 radical (unpaired) electrons. The number of nitrogens with zero attached hydrogens (tertiary/aromatic N) is 1. The van der Waals surface area contributed by atoms with E-state index in [1.165, 1.54) is 35.3 Å². The molecule has 1 aliphatic carbocycles. The van der Waals surface area contributed by atoms with E-state index in [-0.39, 0.29) is 29.6 Å². The molecule has 41 heavy (non-hydrogen) atoms. The molecule has 4 nitrogen and oxygen atoms in total. The second-order valence-corrected chi connectivity index (χ2v) is 13.5. The topological polar surface area (TPSA) is 73.2 Å². The van der Waals surface area contributed by atoms with Gasteiger partial charge in [-0.3, -0.25) is 4.98 Å². The molecule has 1 aliphatic rings. The first kappa shape index (κ1) is 34.1. The quantitative estimate of drug-likeness (QED) is 0.250. The van der Waals surface area contributed by atoms with Gasteiger partial charge in [-0.15, -0.1) is 11.3 Å². The van der Waals surface area contributed by atoms with Crippen LogP contribution in [0.5, 0.6) is 0 Å². The first-order valence-electron chi connectivity index (χ1n) is 13.8. The fourth-order valence-corrected chi connectivity index (χ4v) is 7.34. The van der Waals surface area contributed by atoms with Gasteiger partial charge in [0.05, 0.1) is 20.8 Å². The van der Waals surface area contributed by atoms with Crippen LogP contribution < -0.4 is 34.7 Å². The van der Waals surface area contributed by atoms with Crippen LogP contribution in [-0.2, 0) is 29.7 Å². The molecular weight excluding hydrogens is 581 g/mol. The van der Waals surface area contributed by atoms with Crippen molar-refractivity contribution < 1.29 is 44.6 Å². The number of aliphatic carboxylic acids is 1. The van der Waals surface area contributed by atoms with Crippen molar-refractivity contribution in [2.24, 2.45) is 5.92 Å². The van der Waals surface area contributed by atoms with E-state index in [1.54, 1.807) is 11.3 Å². The Hall–Kier alpha value is -1.38. The Balaban J connectivity index is 0.000000869. The molecule has 2 aromatic carbocycles. The molecule has 4 aromatic rings. The van der Waals surface area contributed by atoms with Gasteiger partial charge in [-0.25, -0.2) is 0 Å². The maximum absolute atomic E-state index is 10.7. The van der Waals surface area contributed by atoms with Gasteiger partial charge in [-0.2, -0.15) is 11.8 Å². The summed E-state index contributed by atoms with van der Waals surface area (Å²) in [6.45, 7) is 4.74. The Morgan fingerprint density at radius 3 is 2.56 bits per heavy atom. The molecule has 8 heteroatoms. The molecule has 1 atom stereocenters. The minimum atomic E-state index is -1.08. The van der Waals surface area contributed by atoms with Gasteiger partial charge in [0.1, 0.15) is 0 Å². The van der Waals surface area contributed by atoms with Crippen molar-refractivity contribution in [1.82, 2.24) is 4.98 Å². The van der Waals surface area contributed by atoms with Gasteiger partial charge < -0.3 is 15.0 Å². The number of fused-ring (bicyclic) bond motifs is 1. The van der Waals surface area contributed by atoms with Gasteiger partial charge in [-0.1, -0.05) is 60.1 Å². The predicted molar refractivity (Wildman–Crippen MR) is 167 cm³/mol. The molecule has 1 N–H and O–H groups in total. The van der Waals surface area contributed by atoms with Crippen molar-refractivity contribution in [3.63, 3.8) is 0 Å². The monoisotopic (exact) mass is 617 g/mol. The summed E-state index contributed by atoms with van der Waals surface area (Å²) < 4.78 is 1.15. The second-order valence-electron chi connectivity index (χ2n) is 11.0. The summed E-state index contributed by atoms with van der Waals surface area (Å²) in [5.41, 5.74) is 6.28. The number of thiophene rings is 1. The van der Waals surface area contributed by atoms with Gasteiger partial charge in [0.25, 0.3) is 0 Å². The van der Waals surface area contributed by atoms with Crippen LogP contribution in [0.3, 0.4) is 0 Å². The maximum atomic E-state index is 10.7. The van der Waals surface area contributed by atoms with Crippen molar-refractivity contribution in [2.45, 2.75) is 70.1 Å². The molecule has 0 amide bonds. The first-order valence-corrected chi connectivity index (χ1v) is 16.1. The summed E-state index contributed by atoms with van der Waals surface area (Å²) in [6.07, 6.45) is 6.68. The number of carbonyl (C=O) groups excluding carboxylic acids is 1. The number of aryl methyl sites for hydroxylation is 3. The molecule has 2 heterocycles. The maximum Gasteiger partial charge on any atom is 1.00 e. The third-order valence-corrected chi connectivity index (χ3v) is 9.94. The zero-order valence-electron chi connectivity index (χ0n) is 24.4. The number of hydrogen-bond donors (Lipinski definition) is 1. The van der Waals surface area contributed by atoms with Crippen molar-refractivity contribution in [2.75, 3.05) is 5.75 Å². The Kier molecular flexibility index (Phi) is 13.2. The van der Waals surface area contributed by atoms with Crippen LogP contribution in [0.2, 0.25) is 5.02 Å². The second kappa shape index (κ2) is 15.9. The van der Waals surface area contributed by atoms with Crippen LogP contribution in [0.4, 0.5) is 0 Å². The van der Waals surface area contributed by atoms with Crippen molar-refractivity contribution >= 4 is 50.9 Å². The molecule has 1 saturated carbocycles. The molecule has 0 saturated heterocycles. The van der Waals surface area contributed by atoms with Gasteiger partial charge in [-0.05, 0) is 105 Å². The summed E-state index contributed by atoms with van der Waals surface area (Å²) in [7, 11) is 0. The van der Waals surface area contributed by atoms with E-state index in [1.807, 2.05) is 25.3 Å². The van der Waals surface area contributed by atoms with Gasteiger partial charge in [0, 0.05) is 22.3 Å². The number of aliphatic hydroxyl groups is 1. The number of halogens is 1. The first-order chi connectivity index (χ1) is 19.1. The van der Waals surface area contributed by atoms with Gasteiger partial charge >= 0.3 is 29.6 Å². The number of carboxylic acids is 1. The number of rotatable bonds is 11. The SMILES string of the molecule is CC(=O)[O-].CC(C)(O)c1ccccc1CC[C@@H](SCC1CC1)c1cccc(CCc2ccc3scc(Cl)c3n2)c1.[Na+]. The summed E-state index contributed by atoms with van der Waals surface area (Å²) in [6, 6.07) is 21.8. The largest absolute Gasteiger partial charge is 1.00 e.